The summed E-state index contributed by atoms with van der Waals surface area (Å²) in [5.74, 6) is -5.95. The zero-order valence-corrected chi connectivity index (χ0v) is 7.36. The number of benzene rings is 1. The van der Waals surface area contributed by atoms with Crippen molar-refractivity contribution in [1.29, 1.82) is 0 Å². The molecular weight excluding hydrogens is 200 g/mol. The van der Waals surface area contributed by atoms with Gasteiger partial charge in [-0.2, -0.15) is 4.39 Å². The van der Waals surface area contributed by atoms with E-state index in [1.807, 2.05) is 0 Å². The number of rotatable bonds is 3. The fourth-order valence-corrected chi connectivity index (χ4v) is 0.800. The first kappa shape index (κ1) is 10.8. The van der Waals surface area contributed by atoms with Crippen LogP contribution in [-0.4, -0.2) is 12.5 Å². The largest absolute Gasteiger partial charge is 0.484 e. The van der Waals surface area contributed by atoms with E-state index in [1.54, 1.807) is 0 Å². The zero-order valence-electron chi connectivity index (χ0n) is 7.36. The molecule has 5 heteroatoms. The van der Waals surface area contributed by atoms with Gasteiger partial charge >= 0.3 is 0 Å². The molecule has 0 saturated heterocycles. The summed E-state index contributed by atoms with van der Waals surface area (Å²) in [5.41, 5.74) is 0. The molecule has 0 N–H and O–H groups in total. The molecule has 0 aromatic heterocycles. The lowest BCUT2D eigenvalue weighted by atomic mass is 10.3. The zero-order chi connectivity index (χ0) is 10.8. The lowest BCUT2D eigenvalue weighted by molar-refractivity contribution is -0.0240. The monoisotopic (exact) mass is 208 g/mol. The van der Waals surface area contributed by atoms with Crippen molar-refractivity contribution >= 4 is 0 Å². The lowest BCUT2D eigenvalue weighted by Gasteiger charge is -2.12. The fraction of sp³-hybridized carbons (Fsp3) is 0.333. The molecule has 0 spiro atoms. The first-order valence-corrected chi connectivity index (χ1v) is 3.85. The van der Waals surface area contributed by atoms with Crippen LogP contribution in [0, 0.1) is 11.6 Å². The van der Waals surface area contributed by atoms with E-state index < -0.39 is 29.9 Å². The van der Waals surface area contributed by atoms with E-state index in [-0.39, 0.29) is 0 Å². The third-order valence-corrected chi connectivity index (χ3v) is 1.40. The maximum absolute atomic E-state index is 12.8. The Morgan fingerprint density at radius 2 is 1.93 bits per heavy atom. The highest BCUT2D eigenvalue weighted by molar-refractivity contribution is 5.25. The van der Waals surface area contributed by atoms with Crippen LogP contribution in [0.15, 0.2) is 18.2 Å². The van der Waals surface area contributed by atoms with Crippen molar-refractivity contribution < 1.29 is 22.3 Å². The first-order valence-electron chi connectivity index (χ1n) is 3.85. The molecule has 0 aliphatic heterocycles. The van der Waals surface area contributed by atoms with E-state index >= 15 is 0 Å². The average Bonchev–Trinajstić information content (AvgIpc) is 2.06. The predicted molar refractivity (Wildman–Crippen MR) is 42.5 cm³/mol. The molecule has 0 saturated carbocycles. The maximum Gasteiger partial charge on any atom is 0.278 e. The van der Waals surface area contributed by atoms with Crippen LogP contribution in [0.25, 0.3) is 0 Å². The van der Waals surface area contributed by atoms with Crippen LogP contribution in [0.1, 0.15) is 6.92 Å². The molecule has 14 heavy (non-hydrogen) atoms. The average molecular weight is 208 g/mol. The minimum atomic E-state index is -3.07. The number of halogens is 4. The van der Waals surface area contributed by atoms with Crippen molar-refractivity contribution in [3.8, 4) is 5.75 Å². The Hall–Kier alpha value is -1.26. The van der Waals surface area contributed by atoms with E-state index in [4.69, 9.17) is 0 Å². The third-order valence-electron chi connectivity index (χ3n) is 1.40. The van der Waals surface area contributed by atoms with E-state index in [1.165, 1.54) is 6.07 Å². The Balaban J connectivity index is 2.73. The molecule has 78 valence electrons. The minimum absolute atomic E-state index is 0.508. The van der Waals surface area contributed by atoms with Gasteiger partial charge in [0.05, 0.1) is 0 Å². The van der Waals surface area contributed by atoms with Gasteiger partial charge in [-0.15, -0.1) is 0 Å². The molecule has 0 heterocycles. The molecule has 1 aromatic carbocycles. The normalized spacial score (nSPS) is 11.5. The summed E-state index contributed by atoms with van der Waals surface area (Å²) < 4.78 is 54.4. The Morgan fingerprint density at radius 3 is 2.50 bits per heavy atom. The van der Waals surface area contributed by atoms with Gasteiger partial charge in [0.25, 0.3) is 5.92 Å². The SMILES string of the molecule is CC(F)(F)COc1cccc(F)c1F. The summed E-state index contributed by atoms with van der Waals surface area (Å²) in [4.78, 5) is 0. The Morgan fingerprint density at radius 1 is 1.29 bits per heavy atom. The topological polar surface area (TPSA) is 9.23 Å². The summed E-state index contributed by atoms with van der Waals surface area (Å²) in [6.07, 6.45) is 0. The Kier molecular flexibility index (Phi) is 2.98. The van der Waals surface area contributed by atoms with Gasteiger partial charge in [-0.25, -0.2) is 13.2 Å². The number of alkyl halides is 2. The summed E-state index contributed by atoms with van der Waals surface area (Å²) in [6, 6.07) is 3.15. The summed E-state index contributed by atoms with van der Waals surface area (Å²) in [6.45, 7) is -0.350. The van der Waals surface area contributed by atoms with Gasteiger partial charge in [-0.3, -0.25) is 0 Å². The quantitative estimate of drug-likeness (QED) is 0.694. The van der Waals surface area contributed by atoms with Gasteiger partial charge < -0.3 is 4.74 Å². The number of ether oxygens (including phenoxy) is 1. The molecule has 1 nitrogen and oxygen atoms in total. The van der Waals surface area contributed by atoms with Gasteiger partial charge in [0.1, 0.15) is 0 Å². The minimum Gasteiger partial charge on any atom is -0.484 e. The van der Waals surface area contributed by atoms with Crippen molar-refractivity contribution in [2.75, 3.05) is 6.61 Å². The van der Waals surface area contributed by atoms with Gasteiger partial charge in [0, 0.05) is 6.92 Å². The molecular formula is C9H8F4O. The lowest BCUT2D eigenvalue weighted by Crippen LogP contribution is -2.21. The van der Waals surface area contributed by atoms with Gasteiger partial charge in [0.2, 0.25) is 5.82 Å². The van der Waals surface area contributed by atoms with Crippen LogP contribution in [0.5, 0.6) is 5.75 Å². The standard InChI is InChI=1S/C9H8F4O/c1-9(12,13)5-14-7-4-2-3-6(10)8(7)11/h2-4H,5H2,1H3. The summed E-state index contributed by atoms with van der Waals surface area (Å²) in [5, 5.41) is 0. The molecule has 0 fully saturated rings. The molecule has 0 unspecified atom stereocenters. The molecule has 0 aliphatic carbocycles. The molecule has 0 amide bonds. The van der Waals surface area contributed by atoms with Crippen LogP contribution >= 0.6 is 0 Å². The maximum atomic E-state index is 12.8. The van der Waals surface area contributed by atoms with E-state index in [0.29, 0.717) is 6.92 Å². The van der Waals surface area contributed by atoms with Crippen molar-refractivity contribution in [3.63, 3.8) is 0 Å². The van der Waals surface area contributed by atoms with Crippen LogP contribution in [0.3, 0.4) is 0 Å². The van der Waals surface area contributed by atoms with Gasteiger partial charge in [-0.1, -0.05) is 6.07 Å². The van der Waals surface area contributed by atoms with Gasteiger partial charge in [0.15, 0.2) is 18.2 Å². The van der Waals surface area contributed by atoms with Crippen molar-refractivity contribution in [2.45, 2.75) is 12.8 Å². The van der Waals surface area contributed by atoms with Gasteiger partial charge in [-0.05, 0) is 12.1 Å². The summed E-state index contributed by atoms with van der Waals surface area (Å²) >= 11 is 0. The van der Waals surface area contributed by atoms with E-state index in [2.05, 4.69) is 4.74 Å². The predicted octanol–water partition coefficient (Wildman–Crippen LogP) is 3.00. The second-order valence-electron chi connectivity index (χ2n) is 2.91. The molecule has 0 aliphatic rings. The Labute approximate surface area is 78.3 Å². The highest BCUT2D eigenvalue weighted by Gasteiger charge is 2.23. The second-order valence-corrected chi connectivity index (χ2v) is 2.91. The fourth-order valence-electron chi connectivity index (χ4n) is 0.800. The molecule has 0 radical (unpaired) electrons. The van der Waals surface area contributed by atoms with E-state index in [0.717, 1.165) is 12.1 Å². The van der Waals surface area contributed by atoms with Crippen LogP contribution in [-0.2, 0) is 0 Å². The van der Waals surface area contributed by atoms with Crippen LogP contribution in [0.2, 0.25) is 0 Å². The second kappa shape index (κ2) is 3.86. The third kappa shape index (κ3) is 2.90. The van der Waals surface area contributed by atoms with Crippen molar-refractivity contribution in [2.24, 2.45) is 0 Å². The van der Waals surface area contributed by atoms with Crippen molar-refractivity contribution in [1.82, 2.24) is 0 Å². The summed E-state index contributed by atoms with van der Waals surface area (Å²) in [7, 11) is 0. The molecule has 0 atom stereocenters. The van der Waals surface area contributed by atoms with E-state index in [9.17, 15) is 17.6 Å². The van der Waals surface area contributed by atoms with Crippen LogP contribution in [0.4, 0.5) is 17.6 Å². The first-order chi connectivity index (χ1) is 6.40. The highest BCUT2D eigenvalue weighted by atomic mass is 19.3. The van der Waals surface area contributed by atoms with Crippen LogP contribution < -0.4 is 4.74 Å². The molecule has 1 rings (SSSR count). The number of hydrogen-bond acceptors (Lipinski definition) is 1. The Bertz CT molecular complexity index is 319. The smallest absolute Gasteiger partial charge is 0.278 e. The molecule has 0 bridgehead atoms. The molecule has 1 aromatic rings. The van der Waals surface area contributed by atoms with Crippen molar-refractivity contribution in [3.05, 3.63) is 29.8 Å². The highest BCUT2D eigenvalue weighted by Crippen LogP contribution is 2.21. The number of hydrogen-bond donors (Lipinski definition) is 0.